The van der Waals surface area contributed by atoms with Crippen LogP contribution in [0.1, 0.15) is 89.4 Å². The number of ether oxygens (including phenoxy) is 1. The normalized spacial score (nSPS) is 18.2. The average Bonchev–Trinajstić information content (AvgIpc) is 2.84. The Labute approximate surface area is 192 Å². The van der Waals surface area contributed by atoms with Crippen LogP contribution in [0.2, 0.25) is 0 Å². The van der Waals surface area contributed by atoms with Gasteiger partial charge in [0.05, 0.1) is 5.56 Å². The maximum Gasteiger partial charge on any atom is 0.310 e. The fourth-order valence-corrected chi connectivity index (χ4v) is 4.54. The molecule has 1 aromatic heterocycles. The quantitative estimate of drug-likeness (QED) is 0.238. The first-order valence-electron chi connectivity index (χ1n) is 12.2. The van der Waals surface area contributed by atoms with E-state index in [0.29, 0.717) is 11.3 Å². The molecule has 32 heavy (non-hydrogen) atoms. The van der Waals surface area contributed by atoms with Gasteiger partial charge in [0, 0.05) is 30.8 Å². The fourth-order valence-electron chi connectivity index (χ4n) is 4.54. The average molecular weight is 434 g/mol. The van der Waals surface area contributed by atoms with Crippen LogP contribution in [-0.2, 0) is 11.2 Å². The number of aryl methyl sites for hydroxylation is 1. The lowest BCUT2D eigenvalue weighted by Gasteiger charge is -2.28. The number of benzene rings is 1. The lowest BCUT2D eigenvalue weighted by Crippen LogP contribution is -2.15. The summed E-state index contributed by atoms with van der Waals surface area (Å²) >= 11 is 0. The highest BCUT2D eigenvalue weighted by atomic mass is 16.5. The van der Waals surface area contributed by atoms with Crippen molar-refractivity contribution in [3.05, 3.63) is 42.0 Å². The molecule has 5 nitrogen and oxygen atoms in total. The third-order valence-electron chi connectivity index (χ3n) is 6.61. The van der Waals surface area contributed by atoms with Crippen molar-refractivity contribution in [1.82, 2.24) is 9.97 Å². The molecule has 1 aliphatic carbocycles. The molecule has 1 fully saturated rings. The van der Waals surface area contributed by atoms with E-state index in [0.717, 1.165) is 41.6 Å². The summed E-state index contributed by atoms with van der Waals surface area (Å²) in [6.45, 7) is 4.00. The summed E-state index contributed by atoms with van der Waals surface area (Å²) in [4.78, 5) is 20.7. The number of hydrogen-bond donors (Lipinski definition) is 0. The molecule has 3 rings (SSSR count). The van der Waals surface area contributed by atoms with Gasteiger partial charge in [0.15, 0.2) is 0 Å². The van der Waals surface area contributed by atoms with Gasteiger partial charge in [-0.3, -0.25) is 4.79 Å². The van der Waals surface area contributed by atoms with Crippen LogP contribution in [0, 0.1) is 23.2 Å². The Balaban J connectivity index is 1.51. The van der Waals surface area contributed by atoms with Gasteiger partial charge in [0.1, 0.15) is 17.6 Å². The van der Waals surface area contributed by atoms with Gasteiger partial charge >= 0.3 is 5.97 Å². The molecule has 1 saturated carbocycles. The van der Waals surface area contributed by atoms with Crippen molar-refractivity contribution in [2.45, 2.75) is 84.5 Å². The predicted molar refractivity (Wildman–Crippen MR) is 126 cm³/mol. The highest BCUT2D eigenvalue weighted by Gasteiger charge is 2.21. The topological polar surface area (TPSA) is 75.9 Å². The number of nitriles is 1. The minimum absolute atomic E-state index is 0.266. The van der Waals surface area contributed by atoms with Gasteiger partial charge < -0.3 is 4.74 Å². The lowest BCUT2D eigenvalue weighted by atomic mass is 9.78. The van der Waals surface area contributed by atoms with Gasteiger partial charge in [-0.05, 0) is 36.0 Å². The van der Waals surface area contributed by atoms with E-state index in [1.807, 2.05) is 18.5 Å². The van der Waals surface area contributed by atoms with E-state index >= 15 is 0 Å². The highest BCUT2D eigenvalue weighted by Crippen LogP contribution is 2.34. The Hall–Kier alpha value is -2.74. The molecular weight excluding hydrogens is 398 g/mol. The summed E-state index contributed by atoms with van der Waals surface area (Å²) < 4.78 is 5.22. The lowest BCUT2D eigenvalue weighted by molar-refractivity contribution is -0.134. The van der Waals surface area contributed by atoms with Crippen LogP contribution in [0.4, 0.5) is 0 Å². The minimum Gasteiger partial charge on any atom is -0.425 e. The molecule has 1 aliphatic rings. The molecule has 0 spiro atoms. The Kier molecular flexibility index (Phi) is 9.22. The molecule has 0 radical (unpaired) electrons. The summed E-state index contributed by atoms with van der Waals surface area (Å²) in [5.74, 6) is 2.57. The van der Waals surface area contributed by atoms with E-state index in [1.165, 1.54) is 51.4 Å². The smallest absolute Gasteiger partial charge is 0.310 e. The molecular formula is C27H35N3O2. The van der Waals surface area contributed by atoms with E-state index in [-0.39, 0.29) is 12.4 Å². The number of rotatable bonds is 10. The summed E-state index contributed by atoms with van der Waals surface area (Å²) in [5.41, 5.74) is 2.02. The molecule has 170 valence electrons. The third kappa shape index (κ3) is 6.88. The van der Waals surface area contributed by atoms with Crippen LogP contribution < -0.4 is 4.74 Å². The molecule has 1 heterocycles. The van der Waals surface area contributed by atoms with Gasteiger partial charge in [-0.1, -0.05) is 71.3 Å². The molecule has 0 saturated heterocycles. The Morgan fingerprint density at radius 3 is 2.34 bits per heavy atom. The second kappa shape index (κ2) is 12.3. The number of carbonyl (C=O) groups excluding carboxylic acids is 1. The number of unbranched alkanes of at least 4 members (excludes halogenated alkanes) is 2. The fraction of sp³-hybridized carbons (Fsp3) is 0.556. The van der Waals surface area contributed by atoms with Crippen molar-refractivity contribution >= 4 is 5.97 Å². The maximum absolute atomic E-state index is 11.5. The van der Waals surface area contributed by atoms with Crippen molar-refractivity contribution < 1.29 is 9.53 Å². The molecule has 0 bridgehead atoms. The standard InChI is InChI=1S/C27H35N3O2/c1-3-5-6-7-20-8-10-21(11-9-20)12-15-26-29-18-24(19-30-26)22-13-14-25(23(16-22)17-28)32-27(31)4-2/h13-14,16,18-21H,3-12,15H2,1-2H3/t20-,21-. The summed E-state index contributed by atoms with van der Waals surface area (Å²) in [6.07, 6.45) is 17.0. The first-order valence-corrected chi connectivity index (χ1v) is 12.2. The highest BCUT2D eigenvalue weighted by molar-refractivity contribution is 5.74. The van der Waals surface area contributed by atoms with E-state index in [4.69, 9.17) is 4.74 Å². The van der Waals surface area contributed by atoms with E-state index in [1.54, 1.807) is 19.1 Å². The van der Waals surface area contributed by atoms with Gasteiger partial charge in [0.25, 0.3) is 0 Å². The zero-order valence-corrected chi connectivity index (χ0v) is 19.5. The van der Waals surface area contributed by atoms with Crippen molar-refractivity contribution in [3.63, 3.8) is 0 Å². The first-order chi connectivity index (χ1) is 15.6. The van der Waals surface area contributed by atoms with Gasteiger partial charge in [-0.25, -0.2) is 9.97 Å². The van der Waals surface area contributed by atoms with Crippen molar-refractivity contribution in [1.29, 1.82) is 5.26 Å². The van der Waals surface area contributed by atoms with Crippen LogP contribution in [0.3, 0.4) is 0 Å². The van der Waals surface area contributed by atoms with Crippen LogP contribution in [0.25, 0.3) is 11.1 Å². The van der Waals surface area contributed by atoms with Crippen molar-refractivity contribution in [3.8, 4) is 22.9 Å². The van der Waals surface area contributed by atoms with E-state index in [9.17, 15) is 10.1 Å². The van der Waals surface area contributed by atoms with Crippen LogP contribution in [0.15, 0.2) is 30.6 Å². The number of esters is 1. The van der Waals surface area contributed by atoms with E-state index < -0.39 is 0 Å². The largest absolute Gasteiger partial charge is 0.425 e. The number of aromatic nitrogens is 2. The Bertz CT molecular complexity index is 909. The molecule has 0 atom stereocenters. The summed E-state index contributed by atoms with van der Waals surface area (Å²) in [5, 5.41) is 9.41. The molecule has 0 N–H and O–H groups in total. The minimum atomic E-state index is -0.355. The molecule has 1 aromatic carbocycles. The molecule has 2 aromatic rings. The molecule has 0 unspecified atom stereocenters. The second-order valence-electron chi connectivity index (χ2n) is 8.96. The van der Waals surface area contributed by atoms with Crippen LogP contribution in [0.5, 0.6) is 5.75 Å². The first kappa shape index (κ1) is 23.9. The monoisotopic (exact) mass is 433 g/mol. The zero-order chi connectivity index (χ0) is 22.8. The maximum atomic E-state index is 11.5. The molecule has 0 amide bonds. The zero-order valence-electron chi connectivity index (χ0n) is 19.5. The van der Waals surface area contributed by atoms with Gasteiger partial charge in [-0.2, -0.15) is 5.26 Å². The second-order valence-corrected chi connectivity index (χ2v) is 8.96. The number of hydrogen-bond acceptors (Lipinski definition) is 5. The number of carbonyl (C=O) groups is 1. The van der Waals surface area contributed by atoms with Crippen molar-refractivity contribution in [2.24, 2.45) is 11.8 Å². The van der Waals surface area contributed by atoms with Crippen LogP contribution >= 0.6 is 0 Å². The summed E-state index contributed by atoms with van der Waals surface area (Å²) in [7, 11) is 0. The molecule has 0 aliphatic heterocycles. The number of nitrogens with zero attached hydrogens (tertiary/aromatic N) is 3. The van der Waals surface area contributed by atoms with E-state index in [2.05, 4.69) is 23.0 Å². The SMILES string of the molecule is CCCCC[C@H]1CC[C@H](CCc2ncc(-c3ccc(OC(=O)CC)c(C#N)c3)cn2)CC1. The van der Waals surface area contributed by atoms with Gasteiger partial charge in [0.2, 0.25) is 0 Å². The Morgan fingerprint density at radius 1 is 1.03 bits per heavy atom. The van der Waals surface area contributed by atoms with Gasteiger partial charge in [-0.15, -0.1) is 0 Å². The third-order valence-corrected chi connectivity index (χ3v) is 6.61. The Morgan fingerprint density at radius 2 is 1.72 bits per heavy atom. The predicted octanol–water partition coefficient (Wildman–Crippen LogP) is 6.65. The van der Waals surface area contributed by atoms with Crippen LogP contribution in [-0.4, -0.2) is 15.9 Å². The molecule has 5 heteroatoms. The van der Waals surface area contributed by atoms with Crippen molar-refractivity contribution in [2.75, 3.05) is 0 Å². The summed E-state index contributed by atoms with van der Waals surface area (Å²) in [6, 6.07) is 7.31.